The normalized spacial score (nSPS) is 13.2. The zero-order valence-corrected chi connectivity index (χ0v) is 12.5. The smallest absolute Gasteiger partial charge is 0.267 e. The van der Waals surface area contributed by atoms with Gasteiger partial charge in [-0.15, -0.1) is 11.3 Å². The Labute approximate surface area is 124 Å². The summed E-state index contributed by atoms with van der Waals surface area (Å²) in [6, 6.07) is 3.92. The fourth-order valence-corrected chi connectivity index (χ4v) is 3.75. The van der Waals surface area contributed by atoms with Gasteiger partial charge in [0, 0.05) is 30.4 Å². The lowest BCUT2D eigenvalue weighted by molar-refractivity contribution is 0.0783. The Kier molecular flexibility index (Phi) is 3.62. The van der Waals surface area contributed by atoms with Crippen LogP contribution in [0.1, 0.15) is 15.2 Å². The maximum atomic E-state index is 12.4. The molecule has 3 heterocycles. The third-order valence-corrected chi connectivity index (χ3v) is 4.94. The minimum atomic E-state index is -0.275. The quantitative estimate of drug-likeness (QED) is 0.810. The van der Waals surface area contributed by atoms with Gasteiger partial charge in [-0.25, -0.2) is 4.98 Å². The molecule has 20 heavy (non-hydrogen) atoms. The van der Waals surface area contributed by atoms with Crippen LogP contribution < -0.4 is 5.56 Å². The monoisotopic (exact) mass is 307 g/mol. The molecular weight excluding hydrogens is 294 g/mol. The molecule has 1 aliphatic heterocycles. The molecule has 0 atom stereocenters. The van der Waals surface area contributed by atoms with Crippen molar-refractivity contribution in [3.8, 4) is 0 Å². The standard InChI is InChI=1S/C13H13N3O2S2/c1-15(8-9-3-2-5-19-9)11(17)10-7-14-13-16(12(10)18)4-6-20-13/h2-3,5,7H,4,6,8H2,1H3. The van der Waals surface area contributed by atoms with Gasteiger partial charge in [0.2, 0.25) is 0 Å². The Bertz CT molecular complexity index is 694. The maximum absolute atomic E-state index is 12.4. The van der Waals surface area contributed by atoms with Crippen molar-refractivity contribution in [1.29, 1.82) is 0 Å². The third kappa shape index (κ3) is 2.38. The van der Waals surface area contributed by atoms with Gasteiger partial charge in [-0.2, -0.15) is 0 Å². The van der Waals surface area contributed by atoms with Crippen molar-refractivity contribution in [2.24, 2.45) is 0 Å². The third-order valence-electron chi connectivity index (χ3n) is 3.11. The molecule has 0 radical (unpaired) electrons. The predicted octanol–water partition coefficient (Wildman–Crippen LogP) is 1.68. The second kappa shape index (κ2) is 5.41. The summed E-state index contributed by atoms with van der Waals surface area (Å²) in [6.45, 7) is 1.13. The van der Waals surface area contributed by atoms with E-state index in [1.165, 1.54) is 6.20 Å². The summed E-state index contributed by atoms with van der Waals surface area (Å²) >= 11 is 3.14. The number of hydrogen-bond donors (Lipinski definition) is 0. The summed E-state index contributed by atoms with van der Waals surface area (Å²) in [4.78, 5) is 31.5. The van der Waals surface area contributed by atoms with E-state index in [1.54, 1.807) is 39.6 Å². The van der Waals surface area contributed by atoms with Crippen LogP contribution >= 0.6 is 23.1 Å². The van der Waals surface area contributed by atoms with Crippen molar-refractivity contribution in [3.05, 3.63) is 44.5 Å². The lowest BCUT2D eigenvalue weighted by atomic mass is 10.3. The van der Waals surface area contributed by atoms with Crippen molar-refractivity contribution in [3.63, 3.8) is 0 Å². The Morgan fingerprint density at radius 3 is 3.15 bits per heavy atom. The minimum Gasteiger partial charge on any atom is -0.336 e. The average molecular weight is 307 g/mol. The molecule has 2 aromatic rings. The molecule has 2 aromatic heterocycles. The first-order valence-corrected chi connectivity index (χ1v) is 8.04. The molecule has 7 heteroatoms. The van der Waals surface area contributed by atoms with Crippen molar-refractivity contribution in [1.82, 2.24) is 14.5 Å². The maximum Gasteiger partial charge on any atom is 0.267 e. The summed E-state index contributed by atoms with van der Waals surface area (Å²) in [5.74, 6) is 0.563. The van der Waals surface area contributed by atoms with Crippen LogP contribution in [-0.2, 0) is 13.1 Å². The number of rotatable bonds is 3. The number of carbonyl (C=O) groups is 1. The zero-order chi connectivity index (χ0) is 14.1. The molecule has 0 aliphatic carbocycles. The van der Waals surface area contributed by atoms with Gasteiger partial charge in [0.05, 0.1) is 6.54 Å². The van der Waals surface area contributed by atoms with Crippen LogP contribution in [0.25, 0.3) is 0 Å². The second-order valence-corrected chi connectivity index (χ2v) is 6.59. The van der Waals surface area contributed by atoms with Gasteiger partial charge < -0.3 is 4.90 Å². The number of thiophene rings is 1. The molecule has 0 saturated heterocycles. The van der Waals surface area contributed by atoms with Gasteiger partial charge in [0.25, 0.3) is 11.5 Å². The molecule has 3 rings (SSSR count). The first-order chi connectivity index (χ1) is 9.66. The van der Waals surface area contributed by atoms with Crippen LogP contribution in [0.5, 0.6) is 0 Å². The molecule has 104 valence electrons. The average Bonchev–Trinajstić information content (AvgIpc) is 3.09. The lowest BCUT2D eigenvalue weighted by Gasteiger charge is -2.16. The minimum absolute atomic E-state index is 0.148. The summed E-state index contributed by atoms with van der Waals surface area (Å²) < 4.78 is 1.58. The van der Waals surface area contributed by atoms with Gasteiger partial charge in [-0.1, -0.05) is 17.8 Å². The van der Waals surface area contributed by atoms with E-state index >= 15 is 0 Å². The SMILES string of the molecule is CN(Cc1cccs1)C(=O)c1cnc2n(c1=O)CCS2. The van der Waals surface area contributed by atoms with E-state index in [4.69, 9.17) is 0 Å². The fourth-order valence-electron chi connectivity index (χ4n) is 2.08. The van der Waals surface area contributed by atoms with E-state index in [9.17, 15) is 9.59 Å². The lowest BCUT2D eigenvalue weighted by Crippen LogP contribution is -2.34. The predicted molar refractivity (Wildman–Crippen MR) is 79.3 cm³/mol. The van der Waals surface area contributed by atoms with Gasteiger partial charge >= 0.3 is 0 Å². The second-order valence-electron chi connectivity index (χ2n) is 4.50. The molecule has 0 spiro atoms. The molecule has 1 aliphatic rings. The summed E-state index contributed by atoms with van der Waals surface area (Å²) in [7, 11) is 1.70. The van der Waals surface area contributed by atoms with Gasteiger partial charge in [-0.05, 0) is 11.4 Å². The number of carbonyl (C=O) groups excluding carboxylic acids is 1. The summed E-state index contributed by atoms with van der Waals surface area (Å²) in [5, 5.41) is 2.67. The first-order valence-electron chi connectivity index (χ1n) is 6.17. The topological polar surface area (TPSA) is 55.2 Å². The molecular formula is C13H13N3O2S2. The van der Waals surface area contributed by atoms with Crippen LogP contribution in [-0.4, -0.2) is 33.2 Å². The highest BCUT2D eigenvalue weighted by Gasteiger charge is 2.22. The number of hydrogen-bond acceptors (Lipinski definition) is 5. The van der Waals surface area contributed by atoms with Crippen molar-refractivity contribution in [2.75, 3.05) is 12.8 Å². The van der Waals surface area contributed by atoms with Crippen LogP contribution in [0.15, 0.2) is 33.7 Å². The van der Waals surface area contributed by atoms with E-state index in [0.717, 1.165) is 10.6 Å². The highest BCUT2D eigenvalue weighted by molar-refractivity contribution is 7.99. The number of nitrogens with zero attached hydrogens (tertiary/aromatic N) is 3. The van der Waals surface area contributed by atoms with E-state index in [-0.39, 0.29) is 17.0 Å². The van der Waals surface area contributed by atoms with Gasteiger partial charge in [-0.3, -0.25) is 14.2 Å². The molecule has 0 N–H and O–H groups in total. The Hall–Kier alpha value is -1.60. The van der Waals surface area contributed by atoms with Crippen LogP contribution in [0, 0.1) is 0 Å². The van der Waals surface area contributed by atoms with Crippen molar-refractivity contribution < 1.29 is 4.79 Å². The van der Waals surface area contributed by atoms with E-state index < -0.39 is 0 Å². The molecule has 1 amide bonds. The van der Waals surface area contributed by atoms with E-state index in [1.807, 2.05) is 17.5 Å². The first kappa shape index (κ1) is 13.4. The van der Waals surface area contributed by atoms with Crippen molar-refractivity contribution >= 4 is 29.0 Å². The largest absolute Gasteiger partial charge is 0.336 e. The number of thioether (sulfide) groups is 1. The fraction of sp³-hybridized carbons (Fsp3) is 0.308. The van der Waals surface area contributed by atoms with E-state index in [0.29, 0.717) is 18.2 Å². The van der Waals surface area contributed by atoms with Crippen LogP contribution in [0.4, 0.5) is 0 Å². The molecule has 0 bridgehead atoms. The number of fused-ring (bicyclic) bond motifs is 1. The highest BCUT2D eigenvalue weighted by atomic mass is 32.2. The molecule has 0 unspecified atom stereocenters. The van der Waals surface area contributed by atoms with Crippen molar-refractivity contribution in [2.45, 2.75) is 18.2 Å². The number of aromatic nitrogens is 2. The highest BCUT2D eigenvalue weighted by Crippen LogP contribution is 2.21. The van der Waals surface area contributed by atoms with Gasteiger partial charge in [0.1, 0.15) is 5.56 Å². The Morgan fingerprint density at radius 2 is 2.40 bits per heavy atom. The zero-order valence-electron chi connectivity index (χ0n) is 10.9. The Balaban J connectivity index is 1.86. The molecule has 0 fully saturated rings. The summed E-state index contributed by atoms with van der Waals surface area (Å²) in [5.41, 5.74) is -0.0849. The van der Waals surface area contributed by atoms with Crippen LogP contribution in [0.3, 0.4) is 0 Å². The number of amides is 1. The summed E-state index contributed by atoms with van der Waals surface area (Å²) in [6.07, 6.45) is 1.40. The van der Waals surface area contributed by atoms with E-state index in [2.05, 4.69) is 4.98 Å². The van der Waals surface area contributed by atoms with Crippen LogP contribution in [0.2, 0.25) is 0 Å². The molecule has 0 aromatic carbocycles. The molecule has 0 saturated carbocycles. The Morgan fingerprint density at radius 1 is 1.55 bits per heavy atom. The molecule has 5 nitrogen and oxygen atoms in total. The van der Waals surface area contributed by atoms with Gasteiger partial charge in [0.15, 0.2) is 5.16 Å².